The Bertz CT molecular complexity index is 1310. The second-order valence-electron chi connectivity index (χ2n) is 7.45. The molecule has 1 aliphatic heterocycles. The first-order valence-corrected chi connectivity index (χ1v) is 10.0. The minimum absolute atomic E-state index is 0.104. The first-order valence-electron chi connectivity index (χ1n) is 9.65. The largest absolute Gasteiger partial charge is 0.365 e. The van der Waals surface area contributed by atoms with Crippen LogP contribution in [-0.2, 0) is 6.54 Å². The lowest BCUT2D eigenvalue weighted by Crippen LogP contribution is -2.46. The van der Waals surface area contributed by atoms with Crippen LogP contribution in [0.25, 0.3) is 11.3 Å². The lowest BCUT2D eigenvalue weighted by molar-refractivity contribution is 0.0995. The standard InChI is InChI=1S/C22H18ClFN6O2/c1-11-8-12(4-5-16(11)24)18-17(21(26)31)20-19(13-2-3-14(10-25)15(23)9-13)29(22(27)32)6-7-30(20)28-18/h2-5,8-9,19H,6-7H2,1H3,(H2,26,31)(H2,27,32). The van der Waals surface area contributed by atoms with Crippen molar-refractivity contribution in [2.45, 2.75) is 19.5 Å². The van der Waals surface area contributed by atoms with Gasteiger partial charge in [-0.05, 0) is 48.4 Å². The van der Waals surface area contributed by atoms with E-state index in [1.807, 2.05) is 6.07 Å². The third kappa shape index (κ3) is 3.44. The van der Waals surface area contributed by atoms with Crippen LogP contribution in [0.4, 0.5) is 9.18 Å². The van der Waals surface area contributed by atoms with Crippen LogP contribution in [0.5, 0.6) is 0 Å². The molecule has 0 saturated carbocycles. The van der Waals surface area contributed by atoms with E-state index in [1.165, 1.54) is 23.1 Å². The first-order chi connectivity index (χ1) is 15.2. The molecule has 0 fully saturated rings. The number of rotatable bonds is 3. The van der Waals surface area contributed by atoms with E-state index in [0.29, 0.717) is 22.4 Å². The van der Waals surface area contributed by atoms with Gasteiger partial charge < -0.3 is 16.4 Å². The summed E-state index contributed by atoms with van der Waals surface area (Å²) in [4.78, 5) is 26.3. The number of carbonyl (C=O) groups is 2. The average Bonchev–Trinajstić information content (AvgIpc) is 3.14. The van der Waals surface area contributed by atoms with Crippen molar-refractivity contribution in [1.29, 1.82) is 5.26 Å². The summed E-state index contributed by atoms with van der Waals surface area (Å²) in [5.41, 5.74) is 13.9. The fraction of sp³-hybridized carbons (Fsp3) is 0.182. The van der Waals surface area contributed by atoms with Crippen LogP contribution in [0.15, 0.2) is 36.4 Å². The molecule has 4 rings (SSSR count). The molecule has 2 heterocycles. The van der Waals surface area contributed by atoms with Crippen LogP contribution in [0.1, 0.15) is 38.8 Å². The van der Waals surface area contributed by atoms with Crippen LogP contribution in [0.2, 0.25) is 5.02 Å². The van der Waals surface area contributed by atoms with E-state index in [9.17, 15) is 19.2 Å². The molecule has 0 spiro atoms. The van der Waals surface area contributed by atoms with E-state index in [2.05, 4.69) is 5.10 Å². The highest BCUT2D eigenvalue weighted by molar-refractivity contribution is 6.31. The van der Waals surface area contributed by atoms with Crippen LogP contribution < -0.4 is 11.5 Å². The zero-order valence-corrected chi connectivity index (χ0v) is 17.7. The third-order valence-electron chi connectivity index (χ3n) is 5.51. The Balaban J connectivity index is 1.98. The normalized spacial score (nSPS) is 15.2. The maximum absolute atomic E-state index is 13.8. The Morgan fingerprint density at radius 3 is 2.56 bits per heavy atom. The van der Waals surface area contributed by atoms with Gasteiger partial charge in [-0.1, -0.05) is 17.7 Å². The van der Waals surface area contributed by atoms with Gasteiger partial charge in [-0.2, -0.15) is 10.4 Å². The maximum atomic E-state index is 13.8. The molecule has 0 saturated heterocycles. The Morgan fingerprint density at radius 2 is 1.97 bits per heavy atom. The van der Waals surface area contributed by atoms with Crippen LogP contribution in [0.3, 0.4) is 0 Å². The number of nitrogens with two attached hydrogens (primary N) is 2. The number of nitriles is 1. The number of primary amides is 2. The van der Waals surface area contributed by atoms with Crippen molar-refractivity contribution < 1.29 is 14.0 Å². The average molecular weight is 453 g/mol. The minimum Gasteiger partial charge on any atom is -0.365 e. The lowest BCUT2D eigenvalue weighted by atomic mass is 9.93. The zero-order chi connectivity index (χ0) is 23.2. The van der Waals surface area contributed by atoms with Gasteiger partial charge in [-0.15, -0.1) is 0 Å². The summed E-state index contributed by atoms with van der Waals surface area (Å²) in [6, 6.07) is 9.59. The molecular weight excluding hydrogens is 435 g/mol. The molecule has 8 nitrogen and oxygen atoms in total. The van der Waals surface area contributed by atoms with Gasteiger partial charge in [0, 0.05) is 12.1 Å². The van der Waals surface area contributed by atoms with Gasteiger partial charge in [-0.25, -0.2) is 9.18 Å². The van der Waals surface area contributed by atoms with Gasteiger partial charge in [-0.3, -0.25) is 9.48 Å². The van der Waals surface area contributed by atoms with E-state index in [1.54, 1.807) is 29.8 Å². The number of aromatic nitrogens is 2. The fourth-order valence-electron chi connectivity index (χ4n) is 4.01. The van der Waals surface area contributed by atoms with Gasteiger partial charge in [0.05, 0.1) is 28.4 Å². The molecule has 10 heteroatoms. The summed E-state index contributed by atoms with van der Waals surface area (Å²) < 4.78 is 15.4. The van der Waals surface area contributed by atoms with Crippen molar-refractivity contribution in [2.24, 2.45) is 11.5 Å². The maximum Gasteiger partial charge on any atom is 0.315 e. The van der Waals surface area contributed by atoms with Crippen molar-refractivity contribution in [3.8, 4) is 17.3 Å². The number of benzene rings is 2. The molecule has 0 radical (unpaired) electrons. The molecule has 3 aromatic rings. The Labute approximate surface area is 187 Å². The molecule has 32 heavy (non-hydrogen) atoms. The van der Waals surface area contributed by atoms with E-state index in [4.69, 9.17) is 23.1 Å². The second-order valence-corrected chi connectivity index (χ2v) is 7.85. The predicted octanol–water partition coefficient (Wildman–Crippen LogP) is 3.11. The summed E-state index contributed by atoms with van der Waals surface area (Å²) in [5.74, 6) is -1.14. The number of amides is 3. The number of fused-ring (bicyclic) bond motifs is 1. The molecule has 0 aliphatic carbocycles. The molecule has 1 aliphatic rings. The quantitative estimate of drug-likeness (QED) is 0.631. The van der Waals surface area contributed by atoms with Gasteiger partial charge in [0.2, 0.25) is 0 Å². The van der Waals surface area contributed by atoms with Crippen molar-refractivity contribution >= 4 is 23.5 Å². The van der Waals surface area contributed by atoms with Crippen molar-refractivity contribution in [2.75, 3.05) is 6.54 Å². The number of carbonyl (C=O) groups excluding carboxylic acids is 2. The zero-order valence-electron chi connectivity index (χ0n) is 17.0. The summed E-state index contributed by atoms with van der Waals surface area (Å²) in [7, 11) is 0. The summed E-state index contributed by atoms with van der Waals surface area (Å²) in [5, 5.41) is 13.9. The molecule has 2 aromatic carbocycles. The Morgan fingerprint density at radius 1 is 1.22 bits per heavy atom. The number of urea groups is 1. The van der Waals surface area contributed by atoms with Crippen molar-refractivity contribution in [1.82, 2.24) is 14.7 Å². The van der Waals surface area contributed by atoms with E-state index in [-0.39, 0.29) is 40.8 Å². The SMILES string of the molecule is Cc1cc(-c2nn3c(c2C(N)=O)C(c2ccc(C#N)c(Cl)c2)N(C(N)=O)CC3)ccc1F. The van der Waals surface area contributed by atoms with E-state index < -0.39 is 18.0 Å². The summed E-state index contributed by atoms with van der Waals surface area (Å²) in [6.07, 6.45) is 0. The van der Waals surface area contributed by atoms with Gasteiger partial charge in [0.15, 0.2) is 0 Å². The fourth-order valence-corrected chi connectivity index (χ4v) is 4.24. The first kappa shape index (κ1) is 21.3. The number of nitrogens with zero attached hydrogens (tertiary/aromatic N) is 4. The molecule has 1 aromatic heterocycles. The van der Waals surface area contributed by atoms with E-state index >= 15 is 0 Å². The highest BCUT2D eigenvalue weighted by Crippen LogP contribution is 2.39. The van der Waals surface area contributed by atoms with Gasteiger partial charge in [0.1, 0.15) is 23.6 Å². The molecule has 3 amide bonds. The molecule has 4 N–H and O–H groups in total. The second kappa shape index (κ2) is 7.98. The smallest absolute Gasteiger partial charge is 0.315 e. The third-order valence-corrected chi connectivity index (χ3v) is 5.82. The van der Waals surface area contributed by atoms with Gasteiger partial charge >= 0.3 is 6.03 Å². The molecule has 162 valence electrons. The Kier molecular flexibility index (Phi) is 5.32. The Hall–Kier alpha value is -3.90. The number of halogens is 2. The van der Waals surface area contributed by atoms with Crippen LogP contribution >= 0.6 is 11.6 Å². The van der Waals surface area contributed by atoms with E-state index in [0.717, 1.165) is 0 Å². The summed E-state index contributed by atoms with van der Waals surface area (Å²) in [6.45, 7) is 2.11. The number of hydrogen-bond acceptors (Lipinski definition) is 4. The molecular formula is C22H18ClFN6O2. The van der Waals surface area contributed by atoms with Crippen LogP contribution in [-0.4, -0.2) is 33.2 Å². The van der Waals surface area contributed by atoms with Crippen molar-refractivity contribution in [3.63, 3.8) is 0 Å². The number of aryl methyl sites for hydroxylation is 1. The monoisotopic (exact) mass is 452 g/mol. The summed E-state index contributed by atoms with van der Waals surface area (Å²) >= 11 is 6.23. The highest BCUT2D eigenvalue weighted by atomic mass is 35.5. The van der Waals surface area contributed by atoms with Crippen LogP contribution in [0, 0.1) is 24.1 Å². The highest BCUT2D eigenvalue weighted by Gasteiger charge is 2.38. The molecule has 0 bridgehead atoms. The van der Waals surface area contributed by atoms with Gasteiger partial charge in [0.25, 0.3) is 5.91 Å². The topological polar surface area (TPSA) is 131 Å². The van der Waals surface area contributed by atoms with Crippen molar-refractivity contribution in [3.05, 3.63) is 75.2 Å². The lowest BCUT2D eigenvalue weighted by Gasteiger charge is -2.35. The molecule has 1 atom stereocenters. The number of hydrogen-bond donors (Lipinski definition) is 2. The molecule has 1 unspecified atom stereocenters. The predicted molar refractivity (Wildman–Crippen MR) is 115 cm³/mol. The minimum atomic E-state index is -0.809.